The number of phenolic OH excluding ortho intramolecular Hbond substituents is 1. The zero-order valence-corrected chi connectivity index (χ0v) is 8.82. The molecule has 0 spiro atoms. The van der Waals surface area contributed by atoms with E-state index in [0.29, 0.717) is 11.1 Å². The van der Waals surface area contributed by atoms with Gasteiger partial charge in [-0.25, -0.2) is 0 Å². The molecule has 1 amide bonds. The van der Waals surface area contributed by atoms with Crippen LogP contribution in [0.3, 0.4) is 0 Å². The first-order valence-corrected chi connectivity index (χ1v) is 4.55. The van der Waals surface area contributed by atoms with Gasteiger partial charge in [0.25, 0.3) is 5.91 Å². The normalized spacial score (nSPS) is 9.40. The maximum atomic E-state index is 11.7. The van der Waals surface area contributed by atoms with E-state index in [2.05, 4.69) is 5.92 Å². The molecule has 0 saturated heterocycles. The molecule has 3 heteroatoms. The fourth-order valence-electron chi connectivity index (χ4n) is 1.22. The molecular weight excluding hydrogens is 190 g/mol. The Morgan fingerprint density at radius 3 is 2.80 bits per heavy atom. The number of terminal acetylenes is 1. The zero-order chi connectivity index (χ0) is 11.4. The van der Waals surface area contributed by atoms with Gasteiger partial charge in [-0.3, -0.25) is 4.79 Å². The second kappa shape index (κ2) is 4.52. The summed E-state index contributed by atoms with van der Waals surface area (Å²) in [5.41, 5.74) is 1.21. The van der Waals surface area contributed by atoms with E-state index in [1.807, 2.05) is 0 Å². The van der Waals surface area contributed by atoms with E-state index in [-0.39, 0.29) is 18.2 Å². The van der Waals surface area contributed by atoms with Gasteiger partial charge in [-0.05, 0) is 30.7 Å². The van der Waals surface area contributed by atoms with E-state index in [9.17, 15) is 9.90 Å². The Balaban J connectivity index is 2.93. The minimum Gasteiger partial charge on any atom is -0.508 e. The number of hydrogen-bond donors (Lipinski definition) is 1. The monoisotopic (exact) mass is 203 g/mol. The van der Waals surface area contributed by atoms with E-state index in [1.165, 1.54) is 11.0 Å². The van der Waals surface area contributed by atoms with Crippen molar-refractivity contribution >= 4 is 5.91 Å². The molecule has 0 radical (unpaired) electrons. The second-order valence-electron chi connectivity index (χ2n) is 3.37. The van der Waals surface area contributed by atoms with E-state index in [0.717, 1.165) is 0 Å². The van der Waals surface area contributed by atoms with Crippen LogP contribution in [0.4, 0.5) is 0 Å². The van der Waals surface area contributed by atoms with Crippen molar-refractivity contribution in [3.05, 3.63) is 29.3 Å². The molecule has 1 aromatic carbocycles. The van der Waals surface area contributed by atoms with Crippen LogP contribution in [0.15, 0.2) is 18.2 Å². The van der Waals surface area contributed by atoms with E-state index < -0.39 is 0 Å². The van der Waals surface area contributed by atoms with Crippen molar-refractivity contribution in [3.8, 4) is 18.1 Å². The zero-order valence-electron chi connectivity index (χ0n) is 8.82. The van der Waals surface area contributed by atoms with E-state index in [4.69, 9.17) is 6.42 Å². The second-order valence-corrected chi connectivity index (χ2v) is 3.37. The predicted octanol–water partition coefficient (Wildman–Crippen LogP) is 1.41. The summed E-state index contributed by atoms with van der Waals surface area (Å²) in [6, 6.07) is 4.73. The van der Waals surface area contributed by atoms with Crippen molar-refractivity contribution in [1.82, 2.24) is 4.90 Å². The lowest BCUT2D eigenvalue weighted by Gasteiger charge is -2.14. The predicted molar refractivity (Wildman–Crippen MR) is 58.6 cm³/mol. The number of carbonyl (C=O) groups excluding carboxylic acids is 1. The molecule has 15 heavy (non-hydrogen) atoms. The van der Waals surface area contributed by atoms with Crippen LogP contribution in [-0.4, -0.2) is 29.5 Å². The highest BCUT2D eigenvalue weighted by Gasteiger charge is 2.11. The summed E-state index contributed by atoms with van der Waals surface area (Å²) in [5, 5.41) is 9.31. The average molecular weight is 203 g/mol. The van der Waals surface area contributed by atoms with Gasteiger partial charge < -0.3 is 10.0 Å². The Bertz CT molecular complexity index is 418. The molecule has 0 aliphatic heterocycles. The Morgan fingerprint density at radius 2 is 2.27 bits per heavy atom. The van der Waals surface area contributed by atoms with Crippen LogP contribution < -0.4 is 0 Å². The molecule has 0 aliphatic rings. The molecule has 0 atom stereocenters. The minimum absolute atomic E-state index is 0.143. The highest BCUT2D eigenvalue weighted by Crippen LogP contribution is 2.17. The molecule has 0 bridgehead atoms. The molecule has 3 nitrogen and oxygen atoms in total. The van der Waals surface area contributed by atoms with Gasteiger partial charge in [0.2, 0.25) is 0 Å². The first-order valence-electron chi connectivity index (χ1n) is 4.55. The van der Waals surface area contributed by atoms with Gasteiger partial charge in [0.05, 0.1) is 6.54 Å². The molecule has 0 saturated carbocycles. The number of benzene rings is 1. The Kier molecular flexibility index (Phi) is 3.35. The highest BCUT2D eigenvalue weighted by atomic mass is 16.3. The van der Waals surface area contributed by atoms with Gasteiger partial charge in [0.15, 0.2) is 0 Å². The van der Waals surface area contributed by atoms with Gasteiger partial charge in [-0.1, -0.05) is 5.92 Å². The van der Waals surface area contributed by atoms with Crippen molar-refractivity contribution in [2.24, 2.45) is 0 Å². The molecule has 0 aromatic heterocycles. The molecule has 1 aromatic rings. The molecule has 1 N–H and O–H groups in total. The summed E-state index contributed by atoms with van der Waals surface area (Å²) in [5.74, 6) is 2.44. The van der Waals surface area contributed by atoms with Crippen molar-refractivity contribution < 1.29 is 9.90 Å². The average Bonchev–Trinajstić information content (AvgIpc) is 2.21. The smallest absolute Gasteiger partial charge is 0.254 e. The van der Waals surface area contributed by atoms with Crippen molar-refractivity contribution in [2.45, 2.75) is 6.92 Å². The van der Waals surface area contributed by atoms with Crippen LogP contribution in [0, 0.1) is 19.3 Å². The van der Waals surface area contributed by atoms with Gasteiger partial charge in [-0.15, -0.1) is 6.42 Å². The summed E-state index contributed by atoms with van der Waals surface area (Å²) >= 11 is 0. The topological polar surface area (TPSA) is 40.5 Å². The van der Waals surface area contributed by atoms with Crippen molar-refractivity contribution in [3.63, 3.8) is 0 Å². The maximum Gasteiger partial charge on any atom is 0.254 e. The van der Waals surface area contributed by atoms with E-state index >= 15 is 0 Å². The molecule has 0 unspecified atom stereocenters. The first-order chi connectivity index (χ1) is 7.06. The number of aryl methyl sites for hydroxylation is 1. The minimum atomic E-state index is -0.143. The third-order valence-electron chi connectivity index (χ3n) is 2.12. The number of aromatic hydroxyl groups is 1. The summed E-state index contributed by atoms with van der Waals surface area (Å²) in [7, 11) is 1.64. The highest BCUT2D eigenvalue weighted by molar-refractivity contribution is 5.94. The standard InChI is InChI=1S/C12H13NO2/c1-4-7-13(3)12(15)10-5-6-11(14)9(2)8-10/h1,5-6,8,14H,7H2,2-3H3. The molecule has 78 valence electrons. The Labute approximate surface area is 89.3 Å². The molecule has 0 aliphatic carbocycles. The number of amides is 1. The number of hydrogen-bond acceptors (Lipinski definition) is 2. The Morgan fingerprint density at radius 1 is 1.60 bits per heavy atom. The molecule has 0 fully saturated rings. The molecular formula is C12H13NO2. The van der Waals surface area contributed by atoms with Gasteiger partial charge >= 0.3 is 0 Å². The third kappa shape index (κ3) is 2.50. The van der Waals surface area contributed by atoms with Gasteiger partial charge in [0, 0.05) is 12.6 Å². The number of nitrogens with zero attached hydrogens (tertiary/aromatic N) is 1. The summed E-state index contributed by atoms with van der Waals surface area (Å²) in [6.45, 7) is 2.02. The largest absolute Gasteiger partial charge is 0.508 e. The first kappa shape index (κ1) is 11.1. The summed E-state index contributed by atoms with van der Waals surface area (Å²) in [6.07, 6.45) is 5.12. The van der Waals surface area contributed by atoms with Crippen LogP contribution >= 0.6 is 0 Å². The van der Waals surface area contributed by atoms with E-state index in [1.54, 1.807) is 26.1 Å². The fraction of sp³-hybridized carbons (Fsp3) is 0.250. The summed E-state index contributed by atoms with van der Waals surface area (Å²) < 4.78 is 0. The van der Waals surface area contributed by atoms with Gasteiger partial charge in [-0.2, -0.15) is 0 Å². The van der Waals surface area contributed by atoms with Crippen LogP contribution in [0.2, 0.25) is 0 Å². The van der Waals surface area contributed by atoms with Crippen molar-refractivity contribution in [2.75, 3.05) is 13.6 Å². The molecule has 0 heterocycles. The maximum absolute atomic E-state index is 11.7. The lowest BCUT2D eigenvalue weighted by molar-refractivity contribution is 0.0812. The lowest BCUT2D eigenvalue weighted by atomic mass is 10.1. The summed E-state index contributed by atoms with van der Waals surface area (Å²) in [4.78, 5) is 13.2. The van der Waals surface area contributed by atoms with Crippen LogP contribution in [0.1, 0.15) is 15.9 Å². The van der Waals surface area contributed by atoms with Gasteiger partial charge in [0.1, 0.15) is 5.75 Å². The van der Waals surface area contributed by atoms with Crippen molar-refractivity contribution in [1.29, 1.82) is 0 Å². The number of phenols is 1. The lowest BCUT2D eigenvalue weighted by Crippen LogP contribution is -2.26. The Hall–Kier alpha value is -1.95. The fourth-order valence-corrected chi connectivity index (χ4v) is 1.22. The van der Waals surface area contributed by atoms with Crippen LogP contribution in [0.5, 0.6) is 5.75 Å². The van der Waals surface area contributed by atoms with Crippen LogP contribution in [0.25, 0.3) is 0 Å². The van der Waals surface area contributed by atoms with Crippen LogP contribution in [-0.2, 0) is 0 Å². The third-order valence-corrected chi connectivity index (χ3v) is 2.12. The molecule has 1 rings (SSSR count). The number of rotatable bonds is 2. The number of carbonyl (C=O) groups is 1. The quantitative estimate of drug-likeness (QED) is 0.738. The SMILES string of the molecule is C#CCN(C)C(=O)c1ccc(O)c(C)c1.